The van der Waals surface area contributed by atoms with E-state index in [1.165, 1.54) is 12.3 Å². The van der Waals surface area contributed by atoms with E-state index in [1.54, 1.807) is 13.2 Å². The topological polar surface area (TPSA) is 71.5 Å². The van der Waals surface area contributed by atoms with Gasteiger partial charge >= 0.3 is 0 Å². The van der Waals surface area contributed by atoms with Gasteiger partial charge in [0.2, 0.25) is 0 Å². The number of pyridine rings is 1. The first kappa shape index (κ1) is 14.4. The maximum absolute atomic E-state index is 11.8. The molecule has 0 radical (unpaired) electrons. The maximum Gasteiger partial charge on any atom is 0.273 e. The number of carbonyl (C=O) groups excluding carboxylic acids is 1. The summed E-state index contributed by atoms with van der Waals surface area (Å²) in [6, 6.07) is 3.02. The highest BCUT2D eigenvalue weighted by molar-refractivity contribution is 5.94. The van der Waals surface area contributed by atoms with Crippen molar-refractivity contribution in [3.8, 4) is 5.75 Å². The van der Waals surface area contributed by atoms with Crippen LogP contribution in [-0.4, -0.2) is 36.3 Å². The molecule has 18 heavy (non-hydrogen) atoms. The molecule has 0 aliphatic rings. The zero-order valence-corrected chi connectivity index (χ0v) is 11.1. The molecule has 0 unspecified atom stereocenters. The Balaban J connectivity index is 2.54. The van der Waals surface area contributed by atoms with Gasteiger partial charge in [-0.25, -0.2) is 4.98 Å². The molecule has 0 fully saturated rings. The van der Waals surface area contributed by atoms with Crippen molar-refractivity contribution in [2.24, 2.45) is 5.41 Å². The predicted molar refractivity (Wildman–Crippen MR) is 68.5 cm³/mol. The number of carbonyl (C=O) groups is 1. The number of nitrogens with one attached hydrogen (secondary N) is 1. The summed E-state index contributed by atoms with van der Waals surface area (Å²) in [5.74, 6) is -0.469. The number of amides is 1. The number of hydrogen-bond donors (Lipinski definition) is 2. The van der Waals surface area contributed by atoms with E-state index in [1.807, 2.05) is 13.8 Å². The Labute approximate surface area is 107 Å². The summed E-state index contributed by atoms with van der Waals surface area (Å²) >= 11 is 0. The Kier molecular flexibility index (Phi) is 5.09. The Morgan fingerprint density at radius 1 is 1.56 bits per heavy atom. The van der Waals surface area contributed by atoms with Gasteiger partial charge in [0.25, 0.3) is 5.91 Å². The summed E-state index contributed by atoms with van der Waals surface area (Å²) < 4.78 is 5.02. The van der Waals surface area contributed by atoms with Crippen molar-refractivity contribution >= 4 is 5.91 Å². The minimum absolute atomic E-state index is 0.0556. The van der Waals surface area contributed by atoms with Crippen LogP contribution in [0, 0.1) is 5.41 Å². The van der Waals surface area contributed by atoms with E-state index in [2.05, 4.69) is 10.3 Å². The summed E-state index contributed by atoms with van der Waals surface area (Å²) in [4.78, 5) is 15.7. The Hall–Kier alpha value is -1.62. The quantitative estimate of drug-likeness (QED) is 0.806. The molecule has 1 rings (SSSR count). The van der Waals surface area contributed by atoms with E-state index in [9.17, 15) is 9.90 Å². The molecule has 0 atom stereocenters. The minimum atomic E-state index is -0.362. The van der Waals surface area contributed by atoms with E-state index >= 15 is 0 Å². The van der Waals surface area contributed by atoms with Crippen molar-refractivity contribution in [3.63, 3.8) is 0 Å². The van der Waals surface area contributed by atoms with Gasteiger partial charge in [0.05, 0.1) is 0 Å². The van der Waals surface area contributed by atoms with Crippen LogP contribution in [0.15, 0.2) is 18.3 Å². The third-order valence-electron chi connectivity index (χ3n) is 2.71. The van der Waals surface area contributed by atoms with Gasteiger partial charge in [0.1, 0.15) is 5.75 Å². The molecule has 1 aromatic rings. The zero-order valence-electron chi connectivity index (χ0n) is 11.1. The fourth-order valence-electron chi connectivity index (χ4n) is 1.44. The normalized spacial score (nSPS) is 11.3. The summed E-state index contributed by atoms with van der Waals surface area (Å²) in [5.41, 5.74) is -0.00386. The lowest BCUT2D eigenvalue weighted by Gasteiger charge is -2.24. The number of aromatic hydroxyl groups is 1. The average Bonchev–Trinajstić information content (AvgIpc) is 2.34. The third-order valence-corrected chi connectivity index (χ3v) is 2.71. The SMILES string of the molecule is COCCC(C)(C)CNC(=O)c1ncccc1O. The molecule has 0 aliphatic carbocycles. The van der Waals surface area contributed by atoms with Gasteiger partial charge in [-0.1, -0.05) is 13.8 Å². The van der Waals surface area contributed by atoms with Crippen LogP contribution < -0.4 is 5.32 Å². The van der Waals surface area contributed by atoms with Gasteiger partial charge in [0.15, 0.2) is 5.69 Å². The van der Waals surface area contributed by atoms with Crippen LogP contribution >= 0.6 is 0 Å². The molecular weight excluding hydrogens is 232 g/mol. The number of methoxy groups -OCH3 is 1. The Morgan fingerprint density at radius 2 is 2.28 bits per heavy atom. The summed E-state index contributed by atoms with van der Waals surface area (Å²) in [5, 5.41) is 12.3. The van der Waals surface area contributed by atoms with Crippen LogP contribution in [0.2, 0.25) is 0 Å². The molecule has 100 valence electrons. The summed E-state index contributed by atoms with van der Waals surface area (Å²) in [6.07, 6.45) is 2.32. The van der Waals surface area contributed by atoms with Gasteiger partial charge in [-0.2, -0.15) is 0 Å². The van der Waals surface area contributed by atoms with Crippen molar-refractivity contribution < 1.29 is 14.6 Å². The molecule has 0 bridgehead atoms. The number of aromatic nitrogens is 1. The van der Waals surface area contributed by atoms with Gasteiger partial charge < -0.3 is 15.2 Å². The summed E-state index contributed by atoms with van der Waals surface area (Å²) in [7, 11) is 1.65. The van der Waals surface area contributed by atoms with Crippen LogP contribution in [0.1, 0.15) is 30.8 Å². The second kappa shape index (κ2) is 6.35. The van der Waals surface area contributed by atoms with Crippen molar-refractivity contribution in [2.45, 2.75) is 20.3 Å². The van der Waals surface area contributed by atoms with Crippen LogP contribution in [-0.2, 0) is 4.74 Å². The Morgan fingerprint density at radius 3 is 2.89 bits per heavy atom. The molecular formula is C13H20N2O3. The molecule has 0 aromatic carbocycles. The lowest BCUT2D eigenvalue weighted by molar-refractivity contribution is 0.0913. The molecule has 5 heteroatoms. The first-order chi connectivity index (χ1) is 8.46. The number of nitrogens with zero attached hydrogens (tertiary/aromatic N) is 1. The lowest BCUT2D eigenvalue weighted by atomic mass is 9.89. The van der Waals surface area contributed by atoms with Gasteiger partial charge in [0, 0.05) is 26.5 Å². The third kappa shape index (κ3) is 4.33. The monoisotopic (exact) mass is 252 g/mol. The Bertz CT molecular complexity index is 405. The highest BCUT2D eigenvalue weighted by atomic mass is 16.5. The van der Waals surface area contributed by atoms with E-state index in [0.717, 1.165) is 6.42 Å². The molecule has 0 aliphatic heterocycles. The molecule has 0 saturated heterocycles. The van der Waals surface area contributed by atoms with Gasteiger partial charge in [-0.15, -0.1) is 0 Å². The predicted octanol–water partition coefficient (Wildman–Crippen LogP) is 1.58. The molecule has 0 saturated carbocycles. The van der Waals surface area contributed by atoms with Crippen molar-refractivity contribution in [3.05, 3.63) is 24.0 Å². The lowest BCUT2D eigenvalue weighted by Crippen LogP contribution is -2.35. The molecule has 1 heterocycles. The first-order valence-electron chi connectivity index (χ1n) is 5.87. The molecule has 0 spiro atoms. The maximum atomic E-state index is 11.8. The van der Waals surface area contributed by atoms with Crippen molar-refractivity contribution in [2.75, 3.05) is 20.3 Å². The largest absolute Gasteiger partial charge is 0.505 e. The fourth-order valence-corrected chi connectivity index (χ4v) is 1.44. The number of hydrogen-bond acceptors (Lipinski definition) is 4. The molecule has 1 aromatic heterocycles. The van der Waals surface area contributed by atoms with Crippen molar-refractivity contribution in [1.82, 2.24) is 10.3 Å². The second-order valence-electron chi connectivity index (χ2n) is 4.96. The zero-order chi connectivity index (χ0) is 13.6. The van der Waals surface area contributed by atoms with Crippen LogP contribution in [0.25, 0.3) is 0 Å². The second-order valence-corrected chi connectivity index (χ2v) is 4.96. The first-order valence-corrected chi connectivity index (χ1v) is 5.87. The van der Waals surface area contributed by atoms with E-state index in [0.29, 0.717) is 13.2 Å². The number of rotatable bonds is 6. The smallest absolute Gasteiger partial charge is 0.273 e. The van der Waals surface area contributed by atoms with Crippen molar-refractivity contribution in [1.29, 1.82) is 0 Å². The van der Waals surface area contributed by atoms with Crippen LogP contribution in [0.3, 0.4) is 0 Å². The molecule has 2 N–H and O–H groups in total. The minimum Gasteiger partial charge on any atom is -0.505 e. The highest BCUT2D eigenvalue weighted by Crippen LogP contribution is 2.19. The molecule has 1 amide bonds. The fraction of sp³-hybridized carbons (Fsp3) is 0.538. The van der Waals surface area contributed by atoms with Gasteiger partial charge in [-0.05, 0) is 24.0 Å². The van der Waals surface area contributed by atoms with Crippen LogP contribution in [0.5, 0.6) is 5.75 Å². The van der Waals surface area contributed by atoms with Crippen LogP contribution in [0.4, 0.5) is 0 Å². The van der Waals surface area contributed by atoms with E-state index in [-0.39, 0.29) is 22.8 Å². The number of ether oxygens (including phenoxy) is 1. The highest BCUT2D eigenvalue weighted by Gasteiger charge is 2.20. The summed E-state index contributed by atoms with van der Waals surface area (Å²) in [6.45, 7) is 5.25. The average molecular weight is 252 g/mol. The standard InChI is InChI=1S/C13H20N2O3/c1-13(2,6-8-18-3)9-15-12(17)11-10(16)5-4-7-14-11/h4-5,7,16H,6,8-9H2,1-3H3,(H,15,17). The van der Waals surface area contributed by atoms with Gasteiger partial charge in [-0.3, -0.25) is 4.79 Å². The molecule has 5 nitrogen and oxygen atoms in total. The van der Waals surface area contributed by atoms with E-state index in [4.69, 9.17) is 4.74 Å². The van der Waals surface area contributed by atoms with E-state index < -0.39 is 0 Å².